The van der Waals surface area contributed by atoms with E-state index in [1.165, 1.54) is 0 Å². The smallest absolute Gasteiger partial charge is 0.144 e. The summed E-state index contributed by atoms with van der Waals surface area (Å²) >= 11 is 0. The summed E-state index contributed by atoms with van der Waals surface area (Å²) in [7, 11) is 0. The molecule has 0 aliphatic heterocycles. The number of aromatic nitrogens is 1. The standard InChI is InChI=1S/C11H11NO.C2H6/c1-7-6-8(2)11(13)10-9(7)4-3-5-12-10;1-2/h3-6,13H,1-2H3;1-2H3. The van der Waals surface area contributed by atoms with Crippen LogP contribution in [0.1, 0.15) is 25.0 Å². The summed E-state index contributed by atoms with van der Waals surface area (Å²) in [4.78, 5) is 4.15. The Morgan fingerprint density at radius 2 is 1.80 bits per heavy atom. The van der Waals surface area contributed by atoms with Crippen LogP contribution in [0.4, 0.5) is 0 Å². The van der Waals surface area contributed by atoms with Gasteiger partial charge in [-0.25, -0.2) is 0 Å². The quantitative estimate of drug-likeness (QED) is 0.709. The summed E-state index contributed by atoms with van der Waals surface area (Å²) in [5.74, 6) is 0.293. The van der Waals surface area contributed by atoms with Gasteiger partial charge in [-0.1, -0.05) is 26.0 Å². The molecular formula is C13H17NO. The average molecular weight is 203 g/mol. The number of hydrogen-bond donors (Lipinski definition) is 1. The fourth-order valence-electron chi connectivity index (χ4n) is 1.57. The third-order valence-corrected chi connectivity index (χ3v) is 2.26. The van der Waals surface area contributed by atoms with Crippen molar-refractivity contribution in [3.63, 3.8) is 0 Å². The number of benzene rings is 1. The van der Waals surface area contributed by atoms with Crippen molar-refractivity contribution in [3.05, 3.63) is 35.5 Å². The Kier molecular flexibility index (Phi) is 3.67. The van der Waals surface area contributed by atoms with Gasteiger partial charge in [0.25, 0.3) is 0 Å². The minimum Gasteiger partial charge on any atom is -0.505 e. The highest BCUT2D eigenvalue weighted by atomic mass is 16.3. The number of phenols is 1. The second-order valence-electron chi connectivity index (χ2n) is 3.26. The molecule has 80 valence electrons. The van der Waals surface area contributed by atoms with Crippen LogP contribution in [0.5, 0.6) is 5.75 Å². The molecule has 0 radical (unpaired) electrons. The molecule has 1 N–H and O–H groups in total. The molecule has 2 nitrogen and oxygen atoms in total. The second kappa shape index (κ2) is 4.78. The van der Waals surface area contributed by atoms with Crippen LogP contribution in [0.3, 0.4) is 0 Å². The van der Waals surface area contributed by atoms with Gasteiger partial charge in [-0.05, 0) is 31.0 Å². The van der Waals surface area contributed by atoms with E-state index in [1.54, 1.807) is 6.20 Å². The zero-order valence-corrected chi connectivity index (χ0v) is 9.70. The van der Waals surface area contributed by atoms with Crippen molar-refractivity contribution in [1.82, 2.24) is 4.98 Å². The molecule has 1 aromatic carbocycles. The van der Waals surface area contributed by atoms with E-state index in [2.05, 4.69) is 4.98 Å². The number of rotatable bonds is 0. The molecule has 0 aliphatic rings. The van der Waals surface area contributed by atoms with Gasteiger partial charge < -0.3 is 5.11 Å². The van der Waals surface area contributed by atoms with Crippen LogP contribution in [-0.4, -0.2) is 10.1 Å². The first-order chi connectivity index (χ1) is 7.20. The van der Waals surface area contributed by atoms with E-state index in [4.69, 9.17) is 0 Å². The molecule has 0 bridgehead atoms. The monoisotopic (exact) mass is 203 g/mol. The summed E-state index contributed by atoms with van der Waals surface area (Å²) in [5.41, 5.74) is 2.72. The lowest BCUT2D eigenvalue weighted by molar-refractivity contribution is 0.476. The summed E-state index contributed by atoms with van der Waals surface area (Å²) in [5, 5.41) is 10.7. The maximum absolute atomic E-state index is 9.72. The van der Waals surface area contributed by atoms with Gasteiger partial charge in [-0.15, -0.1) is 0 Å². The largest absolute Gasteiger partial charge is 0.505 e. The fourth-order valence-corrected chi connectivity index (χ4v) is 1.57. The number of hydrogen-bond acceptors (Lipinski definition) is 2. The minimum absolute atomic E-state index is 0.293. The Labute approximate surface area is 90.6 Å². The predicted octanol–water partition coefficient (Wildman–Crippen LogP) is 3.58. The number of aryl methyl sites for hydroxylation is 2. The third-order valence-electron chi connectivity index (χ3n) is 2.26. The van der Waals surface area contributed by atoms with Crippen molar-refractivity contribution < 1.29 is 5.11 Å². The molecule has 1 heterocycles. The van der Waals surface area contributed by atoms with Gasteiger partial charge in [0, 0.05) is 11.6 Å². The van der Waals surface area contributed by atoms with E-state index in [0.717, 1.165) is 16.5 Å². The predicted molar refractivity (Wildman–Crippen MR) is 64.2 cm³/mol. The number of pyridine rings is 1. The molecule has 2 rings (SSSR count). The first-order valence-corrected chi connectivity index (χ1v) is 5.24. The molecule has 0 saturated carbocycles. The molecule has 2 heteroatoms. The summed E-state index contributed by atoms with van der Waals surface area (Å²) in [6, 6.07) is 5.82. The molecular weight excluding hydrogens is 186 g/mol. The number of fused-ring (bicyclic) bond motifs is 1. The molecule has 0 unspecified atom stereocenters. The zero-order valence-electron chi connectivity index (χ0n) is 9.70. The zero-order chi connectivity index (χ0) is 11.4. The van der Waals surface area contributed by atoms with Crippen molar-refractivity contribution >= 4 is 10.9 Å². The van der Waals surface area contributed by atoms with Crippen molar-refractivity contribution in [2.75, 3.05) is 0 Å². The van der Waals surface area contributed by atoms with Crippen LogP contribution >= 0.6 is 0 Å². The maximum atomic E-state index is 9.72. The first-order valence-electron chi connectivity index (χ1n) is 5.24. The van der Waals surface area contributed by atoms with Gasteiger partial charge in [-0.2, -0.15) is 0 Å². The Bertz CT molecular complexity index is 463. The van der Waals surface area contributed by atoms with Crippen LogP contribution in [0.15, 0.2) is 24.4 Å². The first kappa shape index (κ1) is 11.5. The van der Waals surface area contributed by atoms with Crippen LogP contribution in [0.2, 0.25) is 0 Å². The molecule has 0 atom stereocenters. The van der Waals surface area contributed by atoms with Crippen molar-refractivity contribution in [2.24, 2.45) is 0 Å². The molecule has 2 aromatic rings. The average Bonchev–Trinajstić information content (AvgIpc) is 2.29. The molecule has 1 aromatic heterocycles. The topological polar surface area (TPSA) is 33.1 Å². The van der Waals surface area contributed by atoms with Gasteiger partial charge in [0.1, 0.15) is 11.3 Å². The second-order valence-corrected chi connectivity index (χ2v) is 3.26. The fraction of sp³-hybridized carbons (Fsp3) is 0.308. The van der Waals surface area contributed by atoms with Gasteiger partial charge in [0.2, 0.25) is 0 Å². The van der Waals surface area contributed by atoms with E-state index < -0.39 is 0 Å². The molecule has 0 saturated heterocycles. The summed E-state index contributed by atoms with van der Waals surface area (Å²) in [6.07, 6.45) is 1.70. The molecule has 0 fully saturated rings. The maximum Gasteiger partial charge on any atom is 0.144 e. The van der Waals surface area contributed by atoms with Crippen molar-refractivity contribution in [1.29, 1.82) is 0 Å². The van der Waals surface area contributed by atoms with Gasteiger partial charge >= 0.3 is 0 Å². The highest BCUT2D eigenvalue weighted by Gasteiger charge is 2.05. The van der Waals surface area contributed by atoms with E-state index in [1.807, 2.05) is 45.9 Å². The number of aromatic hydroxyl groups is 1. The Hall–Kier alpha value is -1.57. The Balaban J connectivity index is 0.000000531. The summed E-state index contributed by atoms with van der Waals surface area (Å²) < 4.78 is 0. The highest BCUT2D eigenvalue weighted by Crippen LogP contribution is 2.28. The van der Waals surface area contributed by atoms with E-state index in [-0.39, 0.29) is 0 Å². The highest BCUT2D eigenvalue weighted by molar-refractivity contribution is 5.88. The Morgan fingerprint density at radius 3 is 2.47 bits per heavy atom. The number of phenolic OH excluding ortho intramolecular Hbond substituents is 1. The van der Waals surface area contributed by atoms with Crippen molar-refractivity contribution in [3.8, 4) is 5.75 Å². The van der Waals surface area contributed by atoms with Crippen LogP contribution in [0, 0.1) is 13.8 Å². The van der Waals surface area contributed by atoms with Crippen LogP contribution < -0.4 is 0 Å². The van der Waals surface area contributed by atoms with Gasteiger partial charge in [-0.3, -0.25) is 4.98 Å². The lowest BCUT2D eigenvalue weighted by atomic mass is 10.1. The van der Waals surface area contributed by atoms with E-state index in [0.29, 0.717) is 11.3 Å². The van der Waals surface area contributed by atoms with Crippen molar-refractivity contribution in [2.45, 2.75) is 27.7 Å². The van der Waals surface area contributed by atoms with Crippen LogP contribution in [0.25, 0.3) is 10.9 Å². The van der Waals surface area contributed by atoms with E-state index >= 15 is 0 Å². The van der Waals surface area contributed by atoms with Crippen LogP contribution in [-0.2, 0) is 0 Å². The molecule has 0 aliphatic carbocycles. The lowest BCUT2D eigenvalue weighted by Gasteiger charge is -2.05. The molecule has 0 amide bonds. The number of nitrogens with zero attached hydrogens (tertiary/aromatic N) is 1. The minimum atomic E-state index is 0.293. The third kappa shape index (κ3) is 2.09. The van der Waals surface area contributed by atoms with Gasteiger partial charge in [0.05, 0.1) is 0 Å². The molecule has 15 heavy (non-hydrogen) atoms. The summed E-state index contributed by atoms with van der Waals surface area (Å²) in [6.45, 7) is 7.91. The lowest BCUT2D eigenvalue weighted by Crippen LogP contribution is -1.85. The van der Waals surface area contributed by atoms with E-state index in [9.17, 15) is 5.11 Å². The SMILES string of the molecule is CC.Cc1cc(C)c2cccnc2c1O. The van der Waals surface area contributed by atoms with Gasteiger partial charge in [0.15, 0.2) is 0 Å². The molecule has 0 spiro atoms. The normalized spacial score (nSPS) is 9.60. The Morgan fingerprint density at radius 1 is 1.13 bits per heavy atom.